The average Bonchev–Trinajstić information content (AvgIpc) is 2.95. The van der Waals surface area contributed by atoms with E-state index in [1.165, 1.54) is 0 Å². The van der Waals surface area contributed by atoms with Crippen LogP contribution >= 0.6 is 27.5 Å². The molecular formula is C15H11BrClN3O2. The molecule has 0 aliphatic carbocycles. The molecule has 3 rings (SSSR count). The highest BCUT2D eigenvalue weighted by molar-refractivity contribution is 9.10. The molecule has 0 spiro atoms. The van der Waals surface area contributed by atoms with Crippen molar-refractivity contribution >= 4 is 27.5 Å². The first-order valence-electron chi connectivity index (χ1n) is 6.45. The van der Waals surface area contributed by atoms with E-state index < -0.39 is 0 Å². The summed E-state index contributed by atoms with van der Waals surface area (Å²) >= 11 is 9.43. The molecule has 5 nitrogen and oxygen atoms in total. The third kappa shape index (κ3) is 3.28. The minimum atomic E-state index is 0.151. The second-order valence-corrected chi connectivity index (χ2v) is 5.89. The second kappa shape index (κ2) is 6.46. The molecule has 1 aromatic carbocycles. The SMILES string of the molecule is Cc1cnccc1-c1noc(COc2ccc(Br)cc2Cl)n1. The highest BCUT2D eigenvalue weighted by Gasteiger charge is 2.12. The molecular weight excluding hydrogens is 370 g/mol. The van der Waals surface area contributed by atoms with E-state index in [2.05, 4.69) is 31.1 Å². The van der Waals surface area contributed by atoms with Crippen LogP contribution in [-0.4, -0.2) is 15.1 Å². The molecule has 0 amide bonds. The van der Waals surface area contributed by atoms with Gasteiger partial charge in [0, 0.05) is 22.4 Å². The van der Waals surface area contributed by atoms with Gasteiger partial charge in [0.05, 0.1) is 5.02 Å². The number of ether oxygens (including phenoxy) is 1. The van der Waals surface area contributed by atoms with Crippen LogP contribution in [0.15, 0.2) is 45.7 Å². The van der Waals surface area contributed by atoms with Crippen molar-refractivity contribution in [1.82, 2.24) is 15.1 Å². The van der Waals surface area contributed by atoms with E-state index in [-0.39, 0.29) is 6.61 Å². The van der Waals surface area contributed by atoms with Crippen LogP contribution in [0.5, 0.6) is 5.75 Å². The fraction of sp³-hybridized carbons (Fsp3) is 0.133. The van der Waals surface area contributed by atoms with Crippen LogP contribution in [0.3, 0.4) is 0 Å². The molecule has 0 fully saturated rings. The summed E-state index contributed by atoms with van der Waals surface area (Å²) < 4.78 is 11.7. The molecule has 0 saturated heterocycles. The summed E-state index contributed by atoms with van der Waals surface area (Å²) in [6.07, 6.45) is 3.44. The molecule has 2 aromatic heterocycles. The van der Waals surface area contributed by atoms with Crippen LogP contribution in [0.4, 0.5) is 0 Å². The lowest BCUT2D eigenvalue weighted by Gasteiger charge is -2.05. The van der Waals surface area contributed by atoms with Gasteiger partial charge in [0.2, 0.25) is 5.82 Å². The van der Waals surface area contributed by atoms with Gasteiger partial charge in [-0.15, -0.1) is 0 Å². The van der Waals surface area contributed by atoms with Crippen LogP contribution in [0.1, 0.15) is 11.5 Å². The Kier molecular flexibility index (Phi) is 4.40. The van der Waals surface area contributed by atoms with Crippen LogP contribution < -0.4 is 4.74 Å². The summed E-state index contributed by atoms with van der Waals surface area (Å²) in [5.41, 5.74) is 1.86. The first-order chi connectivity index (χ1) is 10.6. The predicted molar refractivity (Wildman–Crippen MR) is 85.8 cm³/mol. The van der Waals surface area contributed by atoms with Gasteiger partial charge in [0.25, 0.3) is 5.89 Å². The van der Waals surface area contributed by atoms with Crippen molar-refractivity contribution in [3.05, 3.63) is 57.6 Å². The number of aromatic nitrogens is 3. The van der Waals surface area contributed by atoms with Crippen molar-refractivity contribution in [2.45, 2.75) is 13.5 Å². The maximum Gasteiger partial charge on any atom is 0.264 e. The standard InChI is InChI=1S/C15H11BrClN3O2/c1-9-7-18-5-4-11(9)15-19-14(22-20-15)8-21-13-3-2-10(16)6-12(13)17/h2-7H,8H2,1H3. The Bertz CT molecular complexity index is 807. The fourth-order valence-corrected chi connectivity index (χ4v) is 2.61. The van der Waals surface area contributed by atoms with Crippen LogP contribution in [0.25, 0.3) is 11.4 Å². The van der Waals surface area contributed by atoms with Gasteiger partial charge in [-0.25, -0.2) is 0 Å². The molecule has 22 heavy (non-hydrogen) atoms. The zero-order valence-electron chi connectivity index (χ0n) is 11.6. The number of aryl methyl sites for hydroxylation is 1. The van der Waals surface area contributed by atoms with E-state index >= 15 is 0 Å². The molecule has 0 unspecified atom stereocenters. The van der Waals surface area contributed by atoms with Crippen LogP contribution in [0, 0.1) is 6.92 Å². The van der Waals surface area contributed by atoms with E-state index in [1.807, 2.05) is 19.1 Å². The zero-order valence-corrected chi connectivity index (χ0v) is 13.9. The summed E-state index contributed by atoms with van der Waals surface area (Å²) in [6.45, 7) is 2.09. The molecule has 0 atom stereocenters. The number of benzene rings is 1. The topological polar surface area (TPSA) is 61.0 Å². The highest BCUT2D eigenvalue weighted by Crippen LogP contribution is 2.28. The maximum atomic E-state index is 6.09. The third-order valence-electron chi connectivity index (χ3n) is 2.97. The Morgan fingerprint density at radius 3 is 2.95 bits per heavy atom. The van der Waals surface area contributed by atoms with Gasteiger partial charge in [0.15, 0.2) is 6.61 Å². The number of hydrogen-bond acceptors (Lipinski definition) is 5. The molecule has 0 radical (unpaired) electrons. The first-order valence-corrected chi connectivity index (χ1v) is 7.62. The highest BCUT2D eigenvalue weighted by atomic mass is 79.9. The van der Waals surface area contributed by atoms with E-state index in [0.29, 0.717) is 22.5 Å². The molecule has 0 N–H and O–H groups in total. The van der Waals surface area contributed by atoms with Crippen LogP contribution in [-0.2, 0) is 6.61 Å². The Balaban J connectivity index is 1.74. The van der Waals surface area contributed by atoms with Gasteiger partial charge < -0.3 is 9.26 Å². The fourth-order valence-electron chi connectivity index (χ4n) is 1.88. The van der Waals surface area contributed by atoms with Crippen molar-refractivity contribution in [1.29, 1.82) is 0 Å². The number of halogens is 2. The van der Waals surface area contributed by atoms with Gasteiger partial charge in [-0.05, 0) is 36.8 Å². The predicted octanol–water partition coefficient (Wildman–Crippen LogP) is 4.43. The summed E-state index contributed by atoms with van der Waals surface area (Å²) in [6, 6.07) is 7.23. The number of rotatable bonds is 4. The van der Waals surface area contributed by atoms with Gasteiger partial charge in [-0.2, -0.15) is 4.98 Å². The summed E-state index contributed by atoms with van der Waals surface area (Å²) in [5.74, 6) is 1.45. The quantitative estimate of drug-likeness (QED) is 0.670. The molecule has 0 aliphatic rings. The molecule has 2 heterocycles. The number of nitrogens with zero attached hydrogens (tertiary/aromatic N) is 3. The second-order valence-electron chi connectivity index (χ2n) is 4.57. The van der Waals surface area contributed by atoms with Crippen molar-refractivity contribution in [3.63, 3.8) is 0 Å². The lowest BCUT2D eigenvalue weighted by Crippen LogP contribution is -1.96. The van der Waals surface area contributed by atoms with Gasteiger partial charge in [0.1, 0.15) is 5.75 Å². The largest absolute Gasteiger partial charge is 0.482 e. The third-order valence-corrected chi connectivity index (χ3v) is 3.76. The molecule has 0 saturated carbocycles. The van der Waals surface area contributed by atoms with Gasteiger partial charge >= 0.3 is 0 Å². The number of pyridine rings is 1. The first kappa shape index (κ1) is 15.0. The van der Waals surface area contributed by atoms with E-state index in [1.54, 1.807) is 24.5 Å². The van der Waals surface area contributed by atoms with Crippen molar-refractivity contribution in [2.75, 3.05) is 0 Å². The van der Waals surface area contributed by atoms with E-state index in [9.17, 15) is 0 Å². The van der Waals surface area contributed by atoms with Gasteiger partial charge in [-0.1, -0.05) is 32.7 Å². The minimum Gasteiger partial charge on any atom is -0.482 e. The Labute approximate surface area is 140 Å². The smallest absolute Gasteiger partial charge is 0.264 e. The Morgan fingerprint density at radius 1 is 1.32 bits per heavy atom. The van der Waals surface area contributed by atoms with Gasteiger partial charge in [-0.3, -0.25) is 4.98 Å². The Hall–Kier alpha value is -1.92. The lowest BCUT2D eigenvalue weighted by molar-refractivity contribution is 0.243. The van der Waals surface area contributed by atoms with Crippen LogP contribution in [0.2, 0.25) is 5.02 Å². The summed E-state index contributed by atoms with van der Waals surface area (Å²) in [4.78, 5) is 8.36. The minimum absolute atomic E-state index is 0.151. The average molecular weight is 381 g/mol. The normalized spacial score (nSPS) is 10.7. The maximum absolute atomic E-state index is 6.09. The molecule has 7 heteroatoms. The lowest BCUT2D eigenvalue weighted by atomic mass is 10.1. The van der Waals surface area contributed by atoms with E-state index in [0.717, 1.165) is 15.6 Å². The molecule has 0 aliphatic heterocycles. The van der Waals surface area contributed by atoms with Crippen molar-refractivity contribution < 1.29 is 9.26 Å². The molecule has 0 bridgehead atoms. The zero-order chi connectivity index (χ0) is 15.5. The summed E-state index contributed by atoms with van der Waals surface area (Å²) in [7, 11) is 0. The van der Waals surface area contributed by atoms with Crippen molar-refractivity contribution in [3.8, 4) is 17.1 Å². The Morgan fingerprint density at radius 2 is 2.18 bits per heavy atom. The summed E-state index contributed by atoms with van der Waals surface area (Å²) in [5, 5.41) is 4.47. The van der Waals surface area contributed by atoms with Crippen molar-refractivity contribution in [2.24, 2.45) is 0 Å². The monoisotopic (exact) mass is 379 g/mol. The number of hydrogen-bond donors (Lipinski definition) is 0. The molecule has 112 valence electrons. The van der Waals surface area contributed by atoms with E-state index in [4.69, 9.17) is 20.9 Å². The molecule has 3 aromatic rings.